The van der Waals surface area contributed by atoms with E-state index in [1.165, 1.54) is 5.56 Å². The molecular formula is C11H11N2. The van der Waals surface area contributed by atoms with E-state index in [4.69, 9.17) is 0 Å². The molecule has 1 heterocycles. The van der Waals surface area contributed by atoms with Crippen LogP contribution in [0.2, 0.25) is 0 Å². The third-order valence-corrected chi connectivity index (χ3v) is 2.09. The third-order valence-electron chi connectivity index (χ3n) is 2.09. The van der Waals surface area contributed by atoms with Crippen molar-refractivity contribution in [3.8, 4) is 0 Å². The lowest BCUT2D eigenvalue weighted by Crippen LogP contribution is -1.93. The number of rotatable bonds is 0. The minimum absolute atomic E-state index is 0.592. The van der Waals surface area contributed by atoms with Crippen molar-refractivity contribution in [1.82, 2.24) is 9.97 Å². The highest BCUT2D eigenvalue weighted by Crippen LogP contribution is 2.16. The number of aryl methyl sites for hydroxylation is 2. The van der Waals surface area contributed by atoms with Gasteiger partial charge in [0.15, 0.2) is 0 Å². The highest BCUT2D eigenvalue weighted by atomic mass is 14.9. The first kappa shape index (κ1) is 8.17. The standard InChI is InChI=1S/C11H11N2/c1-7-4-5-11-10(6-7)8(2)12-9(3)13-11/h4-6H,3H2,1-2H3. The number of aromatic nitrogens is 2. The van der Waals surface area contributed by atoms with E-state index in [1.54, 1.807) is 0 Å². The zero-order chi connectivity index (χ0) is 9.42. The first-order valence-corrected chi connectivity index (χ1v) is 4.24. The molecule has 2 heteroatoms. The molecule has 2 nitrogen and oxygen atoms in total. The van der Waals surface area contributed by atoms with Crippen LogP contribution in [0.1, 0.15) is 17.1 Å². The fourth-order valence-corrected chi connectivity index (χ4v) is 1.46. The average molecular weight is 171 g/mol. The highest BCUT2D eigenvalue weighted by Gasteiger charge is 2.00. The number of nitrogens with zero attached hydrogens (tertiary/aromatic N) is 2. The molecule has 0 saturated heterocycles. The second-order valence-corrected chi connectivity index (χ2v) is 3.25. The van der Waals surface area contributed by atoms with Crippen molar-refractivity contribution in [1.29, 1.82) is 0 Å². The number of benzene rings is 1. The van der Waals surface area contributed by atoms with E-state index in [2.05, 4.69) is 29.9 Å². The second-order valence-electron chi connectivity index (χ2n) is 3.25. The van der Waals surface area contributed by atoms with Gasteiger partial charge in [-0.05, 0) is 26.0 Å². The number of hydrogen-bond acceptors (Lipinski definition) is 2. The van der Waals surface area contributed by atoms with Gasteiger partial charge < -0.3 is 0 Å². The van der Waals surface area contributed by atoms with Gasteiger partial charge in [-0.3, -0.25) is 0 Å². The summed E-state index contributed by atoms with van der Waals surface area (Å²) in [4.78, 5) is 8.48. The van der Waals surface area contributed by atoms with Crippen LogP contribution in [-0.4, -0.2) is 9.97 Å². The maximum absolute atomic E-state index is 4.26. The van der Waals surface area contributed by atoms with Crippen LogP contribution in [0.15, 0.2) is 18.2 Å². The summed E-state index contributed by atoms with van der Waals surface area (Å²) in [6.45, 7) is 7.78. The van der Waals surface area contributed by atoms with Gasteiger partial charge >= 0.3 is 0 Å². The topological polar surface area (TPSA) is 25.8 Å². The Balaban J connectivity index is 2.87. The molecule has 0 aliphatic carbocycles. The molecule has 0 aliphatic rings. The van der Waals surface area contributed by atoms with Gasteiger partial charge in [0, 0.05) is 18.0 Å². The summed E-state index contributed by atoms with van der Waals surface area (Å²) in [7, 11) is 0. The highest BCUT2D eigenvalue weighted by molar-refractivity contribution is 5.81. The molecule has 0 bridgehead atoms. The monoisotopic (exact) mass is 171 g/mol. The molecule has 1 aromatic heterocycles. The third kappa shape index (κ3) is 1.39. The molecule has 1 radical (unpaired) electrons. The average Bonchev–Trinajstić information content (AvgIpc) is 2.06. The van der Waals surface area contributed by atoms with Crippen LogP contribution in [0.3, 0.4) is 0 Å². The summed E-state index contributed by atoms with van der Waals surface area (Å²) >= 11 is 0. The molecule has 0 amide bonds. The molecule has 0 atom stereocenters. The van der Waals surface area contributed by atoms with Crippen molar-refractivity contribution in [2.24, 2.45) is 0 Å². The van der Waals surface area contributed by atoms with Crippen LogP contribution in [-0.2, 0) is 0 Å². The SMILES string of the molecule is [CH2]c1nc(C)c2cc(C)ccc2n1. The van der Waals surface area contributed by atoms with Gasteiger partial charge in [0.1, 0.15) is 5.82 Å². The van der Waals surface area contributed by atoms with E-state index in [0.29, 0.717) is 5.82 Å². The normalized spacial score (nSPS) is 10.7. The van der Waals surface area contributed by atoms with E-state index in [9.17, 15) is 0 Å². The fourth-order valence-electron chi connectivity index (χ4n) is 1.46. The van der Waals surface area contributed by atoms with Gasteiger partial charge in [0.25, 0.3) is 0 Å². The lowest BCUT2D eigenvalue weighted by Gasteiger charge is -2.02. The summed E-state index contributed by atoms with van der Waals surface area (Å²) in [6.07, 6.45) is 0. The van der Waals surface area contributed by atoms with Crippen molar-refractivity contribution in [2.75, 3.05) is 0 Å². The molecule has 1 aromatic carbocycles. The Bertz CT molecular complexity index is 461. The molecule has 0 spiro atoms. The summed E-state index contributed by atoms with van der Waals surface area (Å²) < 4.78 is 0. The lowest BCUT2D eigenvalue weighted by molar-refractivity contribution is 1.10. The molecule has 2 aromatic rings. The first-order chi connectivity index (χ1) is 6.16. The fraction of sp³-hybridized carbons (Fsp3) is 0.182. The van der Waals surface area contributed by atoms with Crippen LogP contribution in [0.4, 0.5) is 0 Å². The molecule has 0 unspecified atom stereocenters. The van der Waals surface area contributed by atoms with Crippen molar-refractivity contribution in [3.05, 3.63) is 42.2 Å². The summed E-state index contributed by atoms with van der Waals surface area (Å²) in [6, 6.07) is 6.16. The van der Waals surface area contributed by atoms with E-state index in [0.717, 1.165) is 16.6 Å². The molecule has 0 aliphatic heterocycles. The molecule has 65 valence electrons. The van der Waals surface area contributed by atoms with Crippen molar-refractivity contribution in [2.45, 2.75) is 13.8 Å². The van der Waals surface area contributed by atoms with Crippen molar-refractivity contribution in [3.63, 3.8) is 0 Å². The predicted octanol–water partition coefficient (Wildman–Crippen LogP) is 2.43. The van der Waals surface area contributed by atoms with Crippen LogP contribution >= 0.6 is 0 Å². The van der Waals surface area contributed by atoms with Gasteiger partial charge in [0.2, 0.25) is 0 Å². The lowest BCUT2D eigenvalue weighted by atomic mass is 10.1. The van der Waals surface area contributed by atoms with Gasteiger partial charge in [-0.2, -0.15) is 0 Å². The maximum Gasteiger partial charge on any atom is 0.129 e. The molecule has 2 rings (SSSR count). The summed E-state index contributed by atoms with van der Waals surface area (Å²) in [5.74, 6) is 0.592. The predicted molar refractivity (Wildman–Crippen MR) is 53.5 cm³/mol. The Morgan fingerprint density at radius 2 is 1.92 bits per heavy atom. The van der Waals surface area contributed by atoms with Crippen LogP contribution in [0.5, 0.6) is 0 Å². The maximum atomic E-state index is 4.26. The molecule has 13 heavy (non-hydrogen) atoms. The Hall–Kier alpha value is -1.44. The zero-order valence-corrected chi connectivity index (χ0v) is 7.83. The van der Waals surface area contributed by atoms with Crippen molar-refractivity contribution < 1.29 is 0 Å². The summed E-state index contributed by atoms with van der Waals surface area (Å²) in [5.41, 5.74) is 3.21. The van der Waals surface area contributed by atoms with Gasteiger partial charge in [-0.25, -0.2) is 9.97 Å². The van der Waals surface area contributed by atoms with Gasteiger partial charge in [-0.15, -0.1) is 0 Å². The van der Waals surface area contributed by atoms with Crippen LogP contribution in [0.25, 0.3) is 10.9 Å². The molecule has 0 N–H and O–H groups in total. The minimum atomic E-state index is 0.592. The van der Waals surface area contributed by atoms with Crippen LogP contribution < -0.4 is 0 Å². The Kier molecular flexibility index (Phi) is 1.76. The first-order valence-electron chi connectivity index (χ1n) is 4.24. The number of fused-ring (bicyclic) bond motifs is 1. The Labute approximate surface area is 77.6 Å². The zero-order valence-electron chi connectivity index (χ0n) is 7.83. The van der Waals surface area contributed by atoms with Crippen molar-refractivity contribution >= 4 is 10.9 Å². The van der Waals surface area contributed by atoms with E-state index in [-0.39, 0.29) is 0 Å². The Morgan fingerprint density at radius 1 is 1.15 bits per heavy atom. The smallest absolute Gasteiger partial charge is 0.129 e. The number of hydrogen-bond donors (Lipinski definition) is 0. The summed E-state index contributed by atoms with van der Waals surface area (Å²) in [5, 5.41) is 1.12. The van der Waals surface area contributed by atoms with Crippen LogP contribution in [0, 0.1) is 20.8 Å². The van der Waals surface area contributed by atoms with Gasteiger partial charge in [-0.1, -0.05) is 11.6 Å². The molecule has 0 fully saturated rings. The Morgan fingerprint density at radius 3 is 2.69 bits per heavy atom. The minimum Gasteiger partial charge on any atom is -0.238 e. The second kappa shape index (κ2) is 2.80. The van der Waals surface area contributed by atoms with E-state index >= 15 is 0 Å². The largest absolute Gasteiger partial charge is 0.238 e. The quantitative estimate of drug-likeness (QED) is 0.608. The van der Waals surface area contributed by atoms with E-state index < -0.39 is 0 Å². The van der Waals surface area contributed by atoms with Gasteiger partial charge in [0.05, 0.1) is 5.52 Å². The molecule has 0 saturated carbocycles. The van der Waals surface area contributed by atoms with E-state index in [1.807, 2.05) is 19.1 Å². The molecular weight excluding hydrogens is 160 g/mol.